The minimum atomic E-state index is -0.332. The first-order valence-corrected chi connectivity index (χ1v) is 6.33. The summed E-state index contributed by atoms with van der Waals surface area (Å²) in [5.74, 6) is 0.212. The molecular weight excluding hydrogens is 255 g/mol. The fraction of sp³-hybridized carbons (Fsp3) is 0.125. The van der Waals surface area contributed by atoms with Gasteiger partial charge in [-0.25, -0.2) is 9.37 Å². The van der Waals surface area contributed by atoms with Crippen LogP contribution in [0.15, 0.2) is 47.3 Å². The second-order valence-corrected chi connectivity index (χ2v) is 4.70. The van der Waals surface area contributed by atoms with Crippen molar-refractivity contribution in [1.29, 1.82) is 0 Å². The van der Waals surface area contributed by atoms with E-state index in [0.29, 0.717) is 28.0 Å². The highest BCUT2D eigenvalue weighted by molar-refractivity contribution is 5.77. The molecule has 0 fully saturated rings. The average molecular weight is 268 g/mol. The number of nitrogens with zero attached hydrogens (tertiary/aromatic N) is 2. The summed E-state index contributed by atoms with van der Waals surface area (Å²) in [5.41, 5.74) is 1.45. The number of aryl methyl sites for hydroxylation is 1. The Morgan fingerprint density at radius 3 is 2.60 bits per heavy atom. The van der Waals surface area contributed by atoms with E-state index in [1.807, 2.05) is 6.07 Å². The topological polar surface area (TPSA) is 34.9 Å². The van der Waals surface area contributed by atoms with Gasteiger partial charge in [-0.15, -0.1) is 0 Å². The van der Waals surface area contributed by atoms with E-state index in [-0.39, 0.29) is 11.4 Å². The summed E-state index contributed by atoms with van der Waals surface area (Å²) in [4.78, 5) is 17.0. The lowest BCUT2D eigenvalue weighted by molar-refractivity contribution is 0.616. The molecule has 100 valence electrons. The molecule has 0 N–H and O–H groups in total. The normalized spacial score (nSPS) is 10.9. The molecule has 1 aromatic heterocycles. The van der Waals surface area contributed by atoms with Crippen molar-refractivity contribution < 1.29 is 4.39 Å². The molecule has 0 saturated heterocycles. The van der Waals surface area contributed by atoms with Crippen molar-refractivity contribution in [3.8, 4) is 5.69 Å². The first-order chi connectivity index (χ1) is 9.59. The number of fused-ring (bicyclic) bond motifs is 1. The molecule has 3 nitrogen and oxygen atoms in total. The van der Waals surface area contributed by atoms with E-state index in [1.54, 1.807) is 44.2 Å². The third-order valence-electron chi connectivity index (χ3n) is 3.42. The van der Waals surface area contributed by atoms with Gasteiger partial charge >= 0.3 is 0 Å². The number of para-hydroxylation sites is 1. The van der Waals surface area contributed by atoms with Crippen LogP contribution >= 0.6 is 0 Å². The molecule has 4 heteroatoms. The molecule has 20 heavy (non-hydrogen) atoms. The molecule has 0 unspecified atom stereocenters. The Kier molecular flexibility index (Phi) is 2.86. The Bertz CT molecular complexity index is 868. The first kappa shape index (κ1) is 12.5. The monoisotopic (exact) mass is 268 g/mol. The maximum Gasteiger partial charge on any atom is 0.265 e. The zero-order valence-electron chi connectivity index (χ0n) is 11.2. The molecule has 1 heterocycles. The second-order valence-electron chi connectivity index (χ2n) is 4.70. The van der Waals surface area contributed by atoms with Crippen LogP contribution in [0.5, 0.6) is 0 Å². The SMILES string of the molecule is Cc1c(F)cccc1-n1c(C)nc2ccccc2c1=O. The standard InChI is InChI=1S/C16H13FN2O/c1-10-13(17)7-5-9-15(10)19-11(2)18-14-8-4-3-6-12(14)16(19)20/h3-9H,1-2H3. The minimum absolute atomic E-state index is 0.179. The third-order valence-corrected chi connectivity index (χ3v) is 3.42. The van der Waals surface area contributed by atoms with Crippen LogP contribution in [0.4, 0.5) is 4.39 Å². The average Bonchev–Trinajstić information content (AvgIpc) is 2.43. The van der Waals surface area contributed by atoms with Gasteiger partial charge in [0.05, 0.1) is 16.6 Å². The molecule has 0 aliphatic heterocycles. The van der Waals surface area contributed by atoms with E-state index in [4.69, 9.17) is 0 Å². The fourth-order valence-corrected chi connectivity index (χ4v) is 2.37. The summed E-state index contributed by atoms with van der Waals surface area (Å²) in [6.07, 6.45) is 0. The van der Waals surface area contributed by atoms with Gasteiger partial charge in [-0.2, -0.15) is 0 Å². The van der Waals surface area contributed by atoms with E-state index < -0.39 is 0 Å². The molecule has 3 aromatic rings. The van der Waals surface area contributed by atoms with Crippen LogP contribution in [0.1, 0.15) is 11.4 Å². The quantitative estimate of drug-likeness (QED) is 0.679. The fourth-order valence-electron chi connectivity index (χ4n) is 2.37. The number of halogens is 1. The van der Waals surface area contributed by atoms with E-state index in [9.17, 15) is 9.18 Å². The van der Waals surface area contributed by atoms with Gasteiger partial charge in [-0.1, -0.05) is 18.2 Å². The van der Waals surface area contributed by atoms with Crippen LogP contribution in [0.3, 0.4) is 0 Å². The molecule has 0 atom stereocenters. The van der Waals surface area contributed by atoms with Gasteiger partial charge in [0, 0.05) is 5.56 Å². The van der Waals surface area contributed by atoms with E-state index in [0.717, 1.165) is 0 Å². The molecule has 2 aromatic carbocycles. The summed E-state index contributed by atoms with van der Waals surface area (Å²) in [7, 11) is 0. The molecule has 0 radical (unpaired) electrons. The predicted octanol–water partition coefficient (Wildman–Crippen LogP) is 3.14. The zero-order chi connectivity index (χ0) is 14.3. The largest absolute Gasteiger partial charge is 0.268 e. The van der Waals surface area contributed by atoms with Crippen molar-refractivity contribution in [2.45, 2.75) is 13.8 Å². The van der Waals surface area contributed by atoms with Crippen LogP contribution in [-0.4, -0.2) is 9.55 Å². The first-order valence-electron chi connectivity index (χ1n) is 6.33. The van der Waals surface area contributed by atoms with E-state index in [2.05, 4.69) is 4.98 Å². The van der Waals surface area contributed by atoms with Gasteiger partial charge in [0.25, 0.3) is 5.56 Å². The lowest BCUT2D eigenvalue weighted by Crippen LogP contribution is -2.23. The summed E-state index contributed by atoms with van der Waals surface area (Å²) < 4.78 is 15.2. The Labute approximate surface area is 115 Å². The molecule has 0 spiro atoms. The van der Waals surface area contributed by atoms with Gasteiger partial charge in [-0.3, -0.25) is 9.36 Å². The van der Waals surface area contributed by atoms with Crippen LogP contribution < -0.4 is 5.56 Å². The highest BCUT2D eigenvalue weighted by Crippen LogP contribution is 2.18. The Morgan fingerprint density at radius 1 is 1.05 bits per heavy atom. The van der Waals surface area contributed by atoms with Gasteiger partial charge in [0.1, 0.15) is 11.6 Å². The Hall–Kier alpha value is -2.49. The van der Waals surface area contributed by atoms with Crippen LogP contribution in [0.25, 0.3) is 16.6 Å². The number of rotatable bonds is 1. The molecule has 0 aliphatic carbocycles. The summed E-state index contributed by atoms with van der Waals surface area (Å²) in [6.45, 7) is 3.41. The van der Waals surface area contributed by atoms with E-state index >= 15 is 0 Å². The Morgan fingerprint density at radius 2 is 1.80 bits per heavy atom. The highest BCUT2D eigenvalue weighted by atomic mass is 19.1. The van der Waals surface area contributed by atoms with Crippen molar-refractivity contribution in [1.82, 2.24) is 9.55 Å². The van der Waals surface area contributed by atoms with Crippen LogP contribution in [-0.2, 0) is 0 Å². The third kappa shape index (κ3) is 1.81. The second kappa shape index (κ2) is 4.56. The highest BCUT2D eigenvalue weighted by Gasteiger charge is 2.12. The minimum Gasteiger partial charge on any atom is -0.268 e. The maximum absolute atomic E-state index is 13.7. The molecule has 0 aliphatic rings. The number of hydrogen-bond donors (Lipinski definition) is 0. The van der Waals surface area contributed by atoms with Gasteiger partial charge < -0.3 is 0 Å². The molecule has 3 rings (SSSR count). The number of aromatic nitrogens is 2. The van der Waals surface area contributed by atoms with Crippen molar-refractivity contribution in [2.24, 2.45) is 0 Å². The molecular formula is C16H13FN2O. The van der Waals surface area contributed by atoms with Crippen molar-refractivity contribution in [3.63, 3.8) is 0 Å². The predicted molar refractivity (Wildman–Crippen MR) is 76.8 cm³/mol. The Balaban J connectivity index is 2.43. The lowest BCUT2D eigenvalue weighted by atomic mass is 10.1. The molecule has 0 amide bonds. The van der Waals surface area contributed by atoms with E-state index in [1.165, 1.54) is 10.6 Å². The summed E-state index contributed by atoms with van der Waals surface area (Å²) in [5, 5.41) is 0.529. The smallest absolute Gasteiger partial charge is 0.265 e. The van der Waals surface area contributed by atoms with Crippen LogP contribution in [0, 0.1) is 19.7 Å². The van der Waals surface area contributed by atoms with Crippen molar-refractivity contribution in [3.05, 3.63) is 70.0 Å². The number of benzene rings is 2. The summed E-state index contributed by atoms with van der Waals surface area (Å²) >= 11 is 0. The van der Waals surface area contributed by atoms with Gasteiger partial charge in [-0.05, 0) is 38.1 Å². The maximum atomic E-state index is 13.7. The summed E-state index contributed by atoms with van der Waals surface area (Å²) in [6, 6.07) is 11.9. The molecule has 0 bridgehead atoms. The molecule has 0 saturated carbocycles. The van der Waals surface area contributed by atoms with Gasteiger partial charge in [0.2, 0.25) is 0 Å². The lowest BCUT2D eigenvalue weighted by Gasteiger charge is -2.13. The number of hydrogen-bond acceptors (Lipinski definition) is 2. The van der Waals surface area contributed by atoms with Gasteiger partial charge in [0.15, 0.2) is 0 Å². The van der Waals surface area contributed by atoms with Crippen molar-refractivity contribution >= 4 is 10.9 Å². The van der Waals surface area contributed by atoms with Crippen LogP contribution in [0.2, 0.25) is 0 Å². The van der Waals surface area contributed by atoms with Crippen molar-refractivity contribution in [2.75, 3.05) is 0 Å². The zero-order valence-corrected chi connectivity index (χ0v) is 11.2.